The van der Waals surface area contributed by atoms with E-state index in [1.165, 1.54) is 19.1 Å². The average Bonchev–Trinajstić information content (AvgIpc) is 2.54. The molecule has 1 saturated heterocycles. The highest BCUT2D eigenvalue weighted by atomic mass is 32.2. The summed E-state index contributed by atoms with van der Waals surface area (Å²) in [5.41, 5.74) is -0.187. The first-order chi connectivity index (χ1) is 10.7. The fourth-order valence-electron chi connectivity index (χ4n) is 2.58. The molecule has 1 fully saturated rings. The van der Waals surface area contributed by atoms with Gasteiger partial charge in [-0.2, -0.15) is 0 Å². The van der Waals surface area contributed by atoms with Crippen LogP contribution in [0.15, 0.2) is 29.2 Å². The molecule has 1 aromatic carbocycles. The summed E-state index contributed by atoms with van der Waals surface area (Å²) in [6, 6.07) is 4.62. The first kappa shape index (κ1) is 17.4. The molecule has 1 atom stereocenters. The topological polar surface area (TPSA) is 97.6 Å². The van der Waals surface area contributed by atoms with Crippen molar-refractivity contribution >= 4 is 21.4 Å². The molecule has 0 radical (unpaired) electrons. The molecule has 1 unspecified atom stereocenters. The number of rotatable bonds is 4. The van der Waals surface area contributed by atoms with Gasteiger partial charge in [-0.3, -0.25) is 14.9 Å². The number of benzene rings is 1. The summed E-state index contributed by atoms with van der Waals surface area (Å²) < 4.78 is 25.1. The van der Waals surface area contributed by atoms with Crippen molar-refractivity contribution in [1.29, 1.82) is 0 Å². The fraction of sp³-hybridized carbons (Fsp3) is 0.533. The van der Waals surface area contributed by atoms with E-state index in [2.05, 4.69) is 6.92 Å². The molecule has 2 rings (SSSR count). The largest absolute Gasteiger partial charge is 0.342 e. The van der Waals surface area contributed by atoms with Gasteiger partial charge in [0.2, 0.25) is 5.91 Å². The molecule has 0 aliphatic carbocycles. The molecule has 0 N–H and O–H groups in total. The standard InChI is InChI=1S/C15H20N2O5S/c1-11-7-9-16(10-8-11)15(18)12(2)23(21,22)14-5-3-13(4-6-14)17(19)20/h3-6,11-12H,7-10H2,1-2H3. The lowest BCUT2D eigenvalue weighted by Gasteiger charge is -2.32. The molecule has 1 aliphatic heterocycles. The summed E-state index contributed by atoms with van der Waals surface area (Å²) in [6.45, 7) is 4.62. The smallest absolute Gasteiger partial charge is 0.269 e. The van der Waals surface area contributed by atoms with Crippen molar-refractivity contribution in [2.24, 2.45) is 5.92 Å². The fourth-order valence-corrected chi connectivity index (χ4v) is 3.92. The number of likely N-dealkylation sites (tertiary alicyclic amines) is 1. The van der Waals surface area contributed by atoms with Crippen LogP contribution >= 0.6 is 0 Å². The highest BCUT2D eigenvalue weighted by Gasteiger charge is 2.34. The summed E-state index contributed by atoms with van der Waals surface area (Å²) in [7, 11) is -3.86. The van der Waals surface area contributed by atoms with Gasteiger partial charge >= 0.3 is 0 Å². The van der Waals surface area contributed by atoms with Crippen LogP contribution in [0.4, 0.5) is 5.69 Å². The average molecular weight is 340 g/mol. The van der Waals surface area contributed by atoms with Crippen LogP contribution < -0.4 is 0 Å². The van der Waals surface area contributed by atoms with Gasteiger partial charge in [-0.1, -0.05) is 6.92 Å². The Balaban J connectivity index is 2.17. The molecule has 126 valence electrons. The van der Waals surface area contributed by atoms with Crippen molar-refractivity contribution in [3.63, 3.8) is 0 Å². The lowest BCUT2D eigenvalue weighted by molar-refractivity contribution is -0.384. The molecule has 0 spiro atoms. The number of nitrogens with zero attached hydrogens (tertiary/aromatic N) is 2. The van der Waals surface area contributed by atoms with E-state index in [0.29, 0.717) is 19.0 Å². The number of amides is 1. The minimum atomic E-state index is -3.86. The number of carbonyl (C=O) groups excluding carboxylic acids is 1. The lowest BCUT2D eigenvalue weighted by Crippen LogP contribution is -2.45. The van der Waals surface area contributed by atoms with E-state index >= 15 is 0 Å². The molecule has 1 aromatic rings. The minimum Gasteiger partial charge on any atom is -0.342 e. The summed E-state index contributed by atoms with van der Waals surface area (Å²) in [5, 5.41) is 9.44. The molecule has 1 amide bonds. The number of hydrogen-bond donors (Lipinski definition) is 0. The third-order valence-corrected chi connectivity index (χ3v) is 6.35. The van der Waals surface area contributed by atoms with E-state index in [9.17, 15) is 23.3 Å². The zero-order chi connectivity index (χ0) is 17.2. The maximum absolute atomic E-state index is 12.5. The van der Waals surface area contributed by atoms with Gasteiger partial charge in [0.25, 0.3) is 5.69 Å². The quantitative estimate of drug-likeness (QED) is 0.617. The maximum atomic E-state index is 12.5. The summed E-state index contributed by atoms with van der Waals surface area (Å²) in [5.74, 6) is 0.135. The van der Waals surface area contributed by atoms with Crippen molar-refractivity contribution in [3.05, 3.63) is 34.4 Å². The Bertz CT molecular complexity index is 691. The predicted octanol–water partition coefficient (Wildman–Crippen LogP) is 2.02. The zero-order valence-electron chi connectivity index (χ0n) is 13.1. The Labute approximate surface area is 135 Å². The molecule has 0 aromatic heterocycles. The van der Waals surface area contributed by atoms with Crippen LogP contribution in [0, 0.1) is 16.0 Å². The molecule has 7 nitrogen and oxygen atoms in total. The summed E-state index contributed by atoms with van der Waals surface area (Å²) >= 11 is 0. The second kappa shape index (κ2) is 6.66. The van der Waals surface area contributed by atoms with Crippen molar-refractivity contribution in [3.8, 4) is 0 Å². The highest BCUT2D eigenvalue weighted by molar-refractivity contribution is 7.92. The number of piperidine rings is 1. The molecular formula is C15H20N2O5S. The van der Waals surface area contributed by atoms with Gasteiger partial charge in [0, 0.05) is 25.2 Å². The molecular weight excluding hydrogens is 320 g/mol. The predicted molar refractivity (Wildman–Crippen MR) is 84.7 cm³/mol. The van der Waals surface area contributed by atoms with Gasteiger partial charge < -0.3 is 4.90 Å². The Hall–Kier alpha value is -1.96. The third kappa shape index (κ3) is 3.69. The van der Waals surface area contributed by atoms with Gasteiger partial charge in [0.15, 0.2) is 9.84 Å². The number of nitro benzene ring substituents is 1. The van der Waals surface area contributed by atoms with E-state index in [0.717, 1.165) is 25.0 Å². The van der Waals surface area contributed by atoms with E-state index in [1.54, 1.807) is 4.90 Å². The molecule has 0 saturated carbocycles. The van der Waals surface area contributed by atoms with Gasteiger partial charge in [-0.05, 0) is 37.8 Å². The highest BCUT2D eigenvalue weighted by Crippen LogP contribution is 2.23. The van der Waals surface area contributed by atoms with Crippen molar-refractivity contribution in [2.45, 2.75) is 36.8 Å². The number of hydrogen-bond acceptors (Lipinski definition) is 5. The molecule has 1 heterocycles. The number of carbonyl (C=O) groups is 1. The Kier molecular flexibility index (Phi) is 5.03. The van der Waals surface area contributed by atoms with E-state index < -0.39 is 25.9 Å². The van der Waals surface area contributed by atoms with Crippen molar-refractivity contribution < 1.29 is 18.1 Å². The maximum Gasteiger partial charge on any atom is 0.269 e. The second-order valence-corrected chi connectivity index (χ2v) is 8.21. The first-order valence-electron chi connectivity index (χ1n) is 7.50. The van der Waals surface area contributed by atoms with Gasteiger partial charge in [0.05, 0.1) is 9.82 Å². The van der Waals surface area contributed by atoms with Gasteiger partial charge in [0.1, 0.15) is 5.25 Å². The van der Waals surface area contributed by atoms with Crippen LogP contribution in [-0.4, -0.2) is 42.5 Å². The van der Waals surface area contributed by atoms with Crippen molar-refractivity contribution in [2.75, 3.05) is 13.1 Å². The van der Waals surface area contributed by atoms with Crippen LogP contribution in [0.5, 0.6) is 0 Å². The minimum absolute atomic E-state index is 0.0747. The number of nitro groups is 1. The Morgan fingerprint density at radius 1 is 1.26 bits per heavy atom. The van der Waals surface area contributed by atoms with Crippen LogP contribution in [0.3, 0.4) is 0 Å². The summed E-state index contributed by atoms with van der Waals surface area (Å²) in [6.07, 6.45) is 1.74. The van der Waals surface area contributed by atoms with Crippen LogP contribution in [0.25, 0.3) is 0 Å². The van der Waals surface area contributed by atoms with E-state index in [-0.39, 0.29) is 10.6 Å². The number of sulfone groups is 1. The van der Waals surface area contributed by atoms with Gasteiger partial charge in [-0.15, -0.1) is 0 Å². The molecule has 0 bridgehead atoms. The van der Waals surface area contributed by atoms with Crippen LogP contribution in [0.2, 0.25) is 0 Å². The van der Waals surface area contributed by atoms with Crippen LogP contribution in [-0.2, 0) is 14.6 Å². The third-order valence-electron chi connectivity index (χ3n) is 4.28. The molecule has 23 heavy (non-hydrogen) atoms. The number of non-ortho nitro benzene ring substituents is 1. The van der Waals surface area contributed by atoms with E-state index in [1.807, 2.05) is 0 Å². The lowest BCUT2D eigenvalue weighted by atomic mass is 9.99. The molecule has 1 aliphatic rings. The Morgan fingerprint density at radius 2 is 1.78 bits per heavy atom. The van der Waals surface area contributed by atoms with Crippen LogP contribution in [0.1, 0.15) is 26.7 Å². The molecule has 8 heteroatoms. The van der Waals surface area contributed by atoms with Gasteiger partial charge in [-0.25, -0.2) is 8.42 Å². The van der Waals surface area contributed by atoms with Crippen molar-refractivity contribution in [1.82, 2.24) is 4.90 Å². The Morgan fingerprint density at radius 3 is 2.26 bits per heavy atom. The summed E-state index contributed by atoms with van der Waals surface area (Å²) in [4.78, 5) is 24.0. The second-order valence-electron chi connectivity index (χ2n) is 5.95. The first-order valence-corrected chi connectivity index (χ1v) is 9.05. The zero-order valence-corrected chi connectivity index (χ0v) is 14.0. The van der Waals surface area contributed by atoms with E-state index in [4.69, 9.17) is 0 Å². The normalized spacial score (nSPS) is 17.7. The monoisotopic (exact) mass is 340 g/mol. The SMILES string of the molecule is CC1CCN(C(=O)C(C)S(=O)(=O)c2ccc([N+](=O)[O-])cc2)CC1.